The van der Waals surface area contributed by atoms with Crippen molar-refractivity contribution in [3.63, 3.8) is 0 Å². The van der Waals surface area contributed by atoms with E-state index >= 15 is 0 Å². The predicted octanol–water partition coefficient (Wildman–Crippen LogP) is 3.70. The standard InChI is InChI=1S/C18H22N6O2/c1-5-13-7-6-8-14(12(13)4)20-15-16-22-23-17(24(16)10-9-19-15)21-18(25)26-11(2)3/h6-11H,5H2,1-4H3,(H,19,20)(H,21,23,25). The molecule has 3 aromatic rings. The van der Waals surface area contributed by atoms with Crippen molar-refractivity contribution in [1.82, 2.24) is 19.6 Å². The third-order valence-electron chi connectivity index (χ3n) is 3.96. The van der Waals surface area contributed by atoms with Gasteiger partial charge in [-0.15, -0.1) is 10.2 Å². The zero-order valence-corrected chi connectivity index (χ0v) is 15.3. The number of nitrogens with one attached hydrogen (secondary N) is 2. The number of aryl methyl sites for hydroxylation is 1. The Morgan fingerprint density at radius 1 is 1.31 bits per heavy atom. The predicted molar refractivity (Wildman–Crippen MR) is 99.9 cm³/mol. The van der Waals surface area contributed by atoms with Crippen molar-refractivity contribution in [3.8, 4) is 0 Å². The zero-order chi connectivity index (χ0) is 18.7. The van der Waals surface area contributed by atoms with E-state index < -0.39 is 6.09 Å². The van der Waals surface area contributed by atoms with Crippen LogP contribution in [0.1, 0.15) is 31.9 Å². The minimum absolute atomic E-state index is 0.220. The van der Waals surface area contributed by atoms with E-state index in [-0.39, 0.29) is 12.1 Å². The van der Waals surface area contributed by atoms with E-state index in [9.17, 15) is 4.79 Å². The molecule has 0 saturated heterocycles. The van der Waals surface area contributed by atoms with Crippen LogP contribution in [0.5, 0.6) is 0 Å². The van der Waals surface area contributed by atoms with E-state index in [1.807, 2.05) is 12.1 Å². The number of amides is 1. The van der Waals surface area contributed by atoms with Crippen LogP contribution in [0.15, 0.2) is 30.6 Å². The lowest BCUT2D eigenvalue weighted by molar-refractivity contribution is 0.129. The molecule has 0 saturated carbocycles. The van der Waals surface area contributed by atoms with Crippen LogP contribution in [0.2, 0.25) is 0 Å². The average Bonchev–Trinajstić information content (AvgIpc) is 3.00. The van der Waals surface area contributed by atoms with Crippen LogP contribution in [-0.4, -0.2) is 31.8 Å². The monoisotopic (exact) mass is 354 g/mol. The largest absolute Gasteiger partial charge is 0.447 e. The molecule has 2 aromatic heterocycles. The maximum Gasteiger partial charge on any atom is 0.414 e. The van der Waals surface area contributed by atoms with Gasteiger partial charge in [-0.1, -0.05) is 19.1 Å². The van der Waals surface area contributed by atoms with Gasteiger partial charge in [0.05, 0.1) is 6.10 Å². The van der Waals surface area contributed by atoms with Crippen molar-refractivity contribution in [1.29, 1.82) is 0 Å². The Balaban J connectivity index is 1.90. The minimum Gasteiger partial charge on any atom is -0.447 e. The molecular formula is C18H22N6O2. The molecule has 0 fully saturated rings. The quantitative estimate of drug-likeness (QED) is 0.726. The van der Waals surface area contributed by atoms with Gasteiger partial charge in [-0.25, -0.2) is 9.78 Å². The lowest BCUT2D eigenvalue weighted by Crippen LogP contribution is -2.19. The first-order valence-corrected chi connectivity index (χ1v) is 8.52. The molecule has 0 spiro atoms. The summed E-state index contributed by atoms with van der Waals surface area (Å²) >= 11 is 0. The number of hydrogen-bond donors (Lipinski definition) is 2. The zero-order valence-electron chi connectivity index (χ0n) is 15.3. The van der Waals surface area contributed by atoms with Crippen LogP contribution in [0.4, 0.5) is 22.2 Å². The second-order valence-electron chi connectivity index (χ2n) is 6.14. The molecule has 8 nitrogen and oxygen atoms in total. The Hall–Kier alpha value is -3.16. The van der Waals surface area contributed by atoms with Gasteiger partial charge in [0.15, 0.2) is 5.82 Å². The van der Waals surface area contributed by atoms with Crippen molar-refractivity contribution < 1.29 is 9.53 Å². The van der Waals surface area contributed by atoms with Crippen molar-refractivity contribution in [2.75, 3.05) is 10.6 Å². The topological polar surface area (TPSA) is 93.4 Å². The summed E-state index contributed by atoms with van der Waals surface area (Å²) in [6.07, 6.45) is 3.46. The van der Waals surface area contributed by atoms with Gasteiger partial charge in [-0.05, 0) is 44.4 Å². The number of benzene rings is 1. The van der Waals surface area contributed by atoms with Crippen LogP contribution in [0, 0.1) is 6.92 Å². The van der Waals surface area contributed by atoms with Gasteiger partial charge in [0.1, 0.15) is 0 Å². The van der Waals surface area contributed by atoms with Gasteiger partial charge in [0.25, 0.3) is 0 Å². The lowest BCUT2D eigenvalue weighted by Gasteiger charge is -2.12. The molecule has 0 unspecified atom stereocenters. The maximum absolute atomic E-state index is 11.8. The van der Waals surface area contributed by atoms with E-state index in [0.717, 1.165) is 17.7 Å². The number of fused-ring (bicyclic) bond motifs is 1. The molecule has 0 atom stereocenters. The van der Waals surface area contributed by atoms with Crippen molar-refractivity contribution in [3.05, 3.63) is 41.7 Å². The summed E-state index contributed by atoms with van der Waals surface area (Å²) in [5.74, 6) is 0.830. The maximum atomic E-state index is 11.8. The Morgan fingerprint density at radius 2 is 2.12 bits per heavy atom. The molecule has 136 valence electrons. The highest BCUT2D eigenvalue weighted by Gasteiger charge is 2.15. The summed E-state index contributed by atoms with van der Waals surface area (Å²) in [6.45, 7) is 7.75. The number of carbonyl (C=O) groups excluding carboxylic acids is 1. The molecule has 2 N–H and O–H groups in total. The molecule has 1 amide bonds. The Morgan fingerprint density at radius 3 is 2.85 bits per heavy atom. The van der Waals surface area contributed by atoms with Gasteiger partial charge in [0, 0.05) is 18.1 Å². The second kappa shape index (κ2) is 7.38. The summed E-state index contributed by atoms with van der Waals surface area (Å²) < 4.78 is 6.73. The fourth-order valence-corrected chi connectivity index (χ4v) is 2.66. The Kier molecular flexibility index (Phi) is 5.01. The first kappa shape index (κ1) is 17.7. The molecule has 8 heteroatoms. The first-order valence-electron chi connectivity index (χ1n) is 8.52. The average molecular weight is 354 g/mol. The van der Waals surface area contributed by atoms with Crippen LogP contribution >= 0.6 is 0 Å². The van der Waals surface area contributed by atoms with Gasteiger partial charge in [0.2, 0.25) is 11.6 Å². The number of rotatable bonds is 5. The van der Waals surface area contributed by atoms with Crippen LogP contribution in [0.3, 0.4) is 0 Å². The number of nitrogens with zero attached hydrogens (tertiary/aromatic N) is 4. The molecule has 0 radical (unpaired) electrons. The second-order valence-corrected chi connectivity index (χ2v) is 6.14. The van der Waals surface area contributed by atoms with Crippen molar-refractivity contribution in [2.24, 2.45) is 0 Å². The molecule has 0 aliphatic heterocycles. The van der Waals surface area contributed by atoms with E-state index in [1.54, 1.807) is 30.6 Å². The molecule has 3 rings (SSSR count). The highest BCUT2D eigenvalue weighted by molar-refractivity contribution is 5.83. The first-order chi connectivity index (χ1) is 12.5. The highest BCUT2D eigenvalue weighted by Crippen LogP contribution is 2.25. The van der Waals surface area contributed by atoms with Gasteiger partial charge in [-0.3, -0.25) is 9.72 Å². The number of carbonyl (C=O) groups is 1. The molecule has 0 aliphatic carbocycles. The van der Waals surface area contributed by atoms with Crippen molar-refractivity contribution >= 4 is 29.2 Å². The molecule has 26 heavy (non-hydrogen) atoms. The fourth-order valence-electron chi connectivity index (χ4n) is 2.66. The van der Waals surface area contributed by atoms with Crippen LogP contribution < -0.4 is 10.6 Å². The normalized spacial score (nSPS) is 11.0. The number of ether oxygens (including phenoxy) is 1. The summed E-state index contributed by atoms with van der Waals surface area (Å²) in [5, 5.41) is 14.1. The lowest BCUT2D eigenvalue weighted by atomic mass is 10.0. The fraction of sp³-hybridized carbons (Fsp3) is 0.333. The summed E-state index contributed by atoms with van der Waals surface area (Å²) in [4.78, 5) is 16.2. The van der Waals surface area contributed by atoms with Gasteiger partial charge in [-0.2, -0.15) is 0 Å². The smallest absolute Gasteiger partial charge is 0.414 e. The molecule has 1 aromatic carbocycles. The number of hydrogen-bond acceptors (Lipinski definition) is 6. The third-order valence-corrected chi connectivity index (χ3v) is 3.96. The number of aromatic nitrogens is 4. The Labute approximate surface area is 151 Å². The summed E-state index contributed by atoms with van der Waals surface area (Å²) in [6, 6.07) is 6.11. The third kappa shape index (κ3) is 3.58. The van der Waals surface area contributed by atoms with Crippen LogP contribution in [-0.2, 0) is 11.2 Å². The van der Waals surface area contributed by atoms with Gasteiger partial charge >= 0.3 is 6.09 Å². The minimum atomic E-state index is -0.577. The summed E-state index contributed by atoms with van der Waals surface area (Å²) in [7, 11) is 0. The SMILES string of the molecule is CCc1cccc(Nc2nccn3c(NC(=O)OC(C)C)nnc23)c1C. The molecule has 2 heterocycles. The molecule has 0 bridgehead atoms. The van der Waals surface area contributed by atoms with E-state index in [2.05, 4.69) is 45.7 Å². The summed E-state index contributed by atoms with van der Waals surface area (Å²) in [5.41, 5.74) is 3.90. The van der Waals surface area contributed by atoms with Crippen LogP contribution in [0.25, 0.3) is 5.65 Å². The molecule has 0 aliphatic rings. The van der Waals surface area contributed by atoms with Gasteiger partial charge < -0.3 is 10.1 Å². The number of anilines is 3. The highest BCUT2D eigenvalue weighted by atomic mass is 16.6. The van der Waals surface area contributed by atoms with E-state index in [0.29, 0.717) is 11.5 Å². The Bertz CT molecular complexity index is 935. The van der Waals surface area contributed by atoms with E-state index in [1.165, 1.54) is 5.56 Å². The molecular weight excluding hydrogens is 332 g/mol. The van der Waals surface area contributed by atoms with Crippen molar-refractivity contribution in [2.45, 2.75) is 40.2 Å². The van der Waals surface area contributed by atoms with E-state index in [4.69, 9.17) is 4.74 Å².